The van der Waals surface area contributed by atoms with Gasteiger partial charge in [0, 0.05) is 10.7 Å². The number of halogens is 3. The summed E-state index contributed by atoms with van der Waals surface area (Å²) >= 11 is 5.80. The molecule has 9 heteroatoms. The number of nitrogens with two attached hydrogens (primary N) is 1. The zero-order valence-electron chi connectivity index (χ0n) is 12.8. The van der Waals surface area contributed by atoms with Crippen molar-refractivity contribution >= 4 is 34.8 Å². The lowest BCUT2D eigenvalue weighted by molar-refractivity contribution is -0.114. The summed E-state index contributed by atoms with van der Waals surface area (Å²) in [5, 5.41) is 5.51. The summed E-state index contributed by atoms with van der Waals surface area (Å²) in [6.07, 6.45) is 0. The molecule has 6 nitrogen and oxygen atoms in total. The van der Waals surface area contributed by atoms with Crippen molar-refractivity contribution in [3.8, 4) is 5.75 Å². The maximum atomic E-state index is 12.4. The van der Waals surface area contributed by atoms with E-state index in [1.807, 2.05) is 0 Å². The fourth-order valence-electron chi connectivity index (χ4n) is 2.01. The van der Waals surface area contributed by atoms with Crippen LogP contribution in [0.15, 0.2) is 42.5 Å². The van der Waals surface area contributed by atoms with E-state index >= 15 is 0 Å². The third-order valence-corrected chi connectivity index (χ3v) is 3.30. The van der Waals surface area contributed by atoms with Crippen molar-refractivity contribution in [2.75, 3.05) is 17.2 Å². The zero-order chi connectivity index (χ0) is 18.4. The largest absolute Gasteiger partial charge is 0.433 e. The van der Waals surface area contributed by atoms with Gasteiger partial charge in [-0.1, -0.05) is 23.7 Å². The number of hydrogen-bond acceptors (Lipinski definition) is 4. The standard InChI is InChI=1S/C16H14ClF2N3O3/c17-9-5-6-11(10(7-9)15(20)24)21-8-14(23)22-12-3-1-2-4-13(12)25-16(18)19/h1-7,16,21H,8H2,(H2,20,24)(H,22,23). The molecule has 0 bridgehead atoms. The van der Waals surface area contributed by atoms with E-state index < -0.39 is 18.4 Å². The predicted octanol–water partition coefficient (Wildman–Crippen LogP) is 3.09. The Morgan fingerprint density at radius 1 is 1.16 bits per heavy atom. The lowest BCUT2D eigenvalue weighted by atomic mass is 10.1. The summed E-state index contributed by atoms with van der Waals surface area (Å²) < 4.78 is 29.0. The highest BCUT2D eigenvalue weighted by Gasteiger charge is 2.13. The molecular weight excluding hydrogens is 356 g/mol. The summed E-state index contributed by atoms with van der Waals surface area (Å²) in [5.74, 6) is -1.40. The van der Waals surface area contributed by atoms with E-state index in [0.29, 0.717) is 10.7 Å². The first-order valence-electron chi connectivity index (χ1n) is 7.03. The second-order valence-corrected chi connectivity index (χ2v) is 5.27. The van der Waals surface area contributed by atoms with Crippen molar-refractivity contribution in [2.45, 2.75) is 6.61 Å². The van der Waals surface area contributed by atoms with Gasteiger partial charge in [0.05, 0.1) is 17.8 Å². The molecule has 0 fully saturated rings. The number of nitrogens with one attached hydrogen (secondary N) is 2. The summed E-state index contributed by atoms with van der Waals surface area (Å²) in [4.78, 5) is 23.4. The molecule has 0 aliphatic heterocycles. The monoisotopic (exact) mass is 369 g/mol. The topological polar surface area (TPSA) is 93.5 Å². The molecular formula is C16H14ClF2N3O3. The lowest BCUT2D eigenvalue weighted by Crippen LogP contribution is -2.24. The van der Waals surface area contributed by atoms with Gasteiger partial charge in [-0.2, -0.15) is 8.78 Å². The van der Waals surface area contributed by atoms with Gasteiger partial charge in [-0.3, -0.25) is 9.59 Å². The Morgan fingerprint density at radius 2 is 1.88 bits per heavy atom. The molecule has 0 aromatic heterocycles. The number of carbonyl (C=O) groups is 2. The molecule has 132 valence electrons. The molecule has 4 N–H and O–H groups in total. The smallest absolute Gasteiger partial charge is 0.387 e. The van der Waals surface area contributed by atoms with Crippen LogP contribution in [0.1, 0.15) is 10.4 Å². The number of ether oxygens (including phenoxy) is 1. The van der Waals surface area contributed by atoms with Crippen molar-refractivity contribution in [3.63, 3.8) is 0 Å². The minimum absolute atomic E-state index is 0.0980. The first-order chi connectivity index (χ1) is 11.9. The Hall–Kier alpha value is -2.87. The Bertz CT molecular complexity index is 787. The molecule has 0 unspecified atom stereocenters. The zero-order valence-corrected chi connectivity index (χ0v) is 13.5. The Morgan fingerprint density at radius 3 is 2.56 bits per heavy atom. The fourth-order valence-corrected chi connectivity index (χ4v) is 2.19. The maximum Gasteiger partial charge on any atom is 0.387 e. The molecule has 0 aliphatic carbocycles. The number of carbonyl (C=O) groups excluding carboxylic acids is 2. The van der Waals surface area contributed by atoms with Crippen molar-refractivity contribution in [1.82, 2.24) is 0 Å². The fraction of sp³-hybridized carbons (Fsp3) is 0.125. The van der Waals surface area contributed by atoms with E-state index in [1.54, 1.807) is 6.07 Å². The molecule has 2 rings (SSSR count). The number of alkyl halides is 2. The van der Waals surface area contributed by atoms with Gasteiger partial charge in [-0.05, 0) is 30.3 Å². The van der Waals surface area contributed by atoms with Gasteiger partial charge in [-0.15, -0.1) is 0 Å². The van der Waals surface area contributed by atoms with Gasteiger partial charge >= 0.3 is 6.61 Å². The quantitative estimate of drug-likeness (QED) is 0.699. The molecule has 25 heavy (non-hydrogen) atoms. The summed E-state index contributed by atoms with van der Waals surface area (Å²) in [5.41, 5.74) is 5.80. The number of hydrogen-bond donors (Lipinski definition) is 3. The SMILES string of the molecule is NC(=O)c1cc(Cl)ccc1NCC(=O)Nc1ccccc1OC(F)F. The number of para-hydroxylation sites is 2. The molecule has 0 atom stereocenters. The maximum absolute atomic E-state index is 12.4. The van der Waals surface area contributed by atoms with E-state index in [-0.39, 0.29) is 23.5 Å². The highest BCUT2D eigenvalue weighted by Crippen LogP contribution is 2.25. The number of benzene rings is 2. The predicted molar refractivity (Wildman–Crippen MR) is 90.2 cm³/mol. The molecule has 0 heterocycles. The average Bonchev–Trinajstić information content (AvgIpc) is 2.55. The van der Waals surface area contributed by atoms with Crippen LogP contribution < -0.4 is 21.1 Å². The van der Waals surface area contributed by atoms with E-state index in [9.17, 15) is 18.4 Å². The first-order valence-corrected chi connectivity index (χ1v) is 7.41. The molecule has 2 aromatic carbocycles. The van der Waals surface area contributed by atoms with E-state index in [1.165, 1.54) is 36.4 Å². The highest BCUT2D eigenvalue weighted by molar-refractivity contribution is 6.31. The van der Waals surface area contributed by atoms with Gasteiger partial charge in [0.25, 0.3) is 5.91 Å². The van der Waals surface area contributed by atoms with Crippen LogP contribution in [-0.2, 0) is 4.79 Å². The van der Waals surface area contributed by atoms with Crippen LogP contribution >= 0.6 is 11.6 Å². The molecule has 2 amide bonds. The van der Waals surface area contributed by atoms with Crippen molar-refractivity contribution in [3.05, 3.63) is 53.1 Å². The van der Waals surface area contributed by atoms with Crippen molar-refractivity contribution in [1.29, 1.82) is 0 Å². The average molecular weight is 370 g/mol. The molecule has 0 saturated carbocycles. The second kappa shape index (κ2) is 8.29. The Labute approximate surface area is 146 Å². The van der Waals surface area contributed by atoms with Gasteiger partial charge < -0.3 is 21.1 Å². The Kier molecular flexibility index (Phi) is 6.13. The van der Waals surface area contributed by atoms with Crippen LogP contribution in [0.4, 0.5) is 20.2 Å². The minimum atomic E-state index is -3.01. The second-order valence-electron chi connectivity index (χ2n) is 4.83. The summed E-state index contributed by atoms with van der Waals surface area (Å²) in [6, 6.07) is 10.2. The molecule has 0 saturated heterocycles. The third kappa shape index (κ3) is 5.32. The summed E-state index contributed by atoms with van der Waals surface area (Å²) in [7, 11) is 0. The van der Waals surface area contributed by atoms with Gasteiger partial charge in [-0.25, -0.2) is 0 Å². The van der Waals surface area contributed by atoms with Crippen LogP contribution in [0.2, 0.25) is 5.02 Å². The van der Waals surface area contributed by atoms with E-state index in [0.717, 1.165) is 0 Å². The number of amides is 2. The first kappa shape index (κ1) is 18.5. The van der Waals surface area contributed by atoms with Gasteiger partial charge in [0.15, 0.2) is 0 Å². The van der Waals surface area contributed by atoms with E-state index in [4.69, 9.17) is 17.3 Å². The third-order valence-electron chi connectivity index (χ3n) is 3.06. The summed E-state index contributed by atoms with van der Waals surface area (Å²) in [6.45, 7) is -3.24. The van der Waals surface area contributed by atoms with Crippen molar-refractivity contribution < 1.29 is 23.1 Å². The minimum Gasteiger partial charge on any atom is -0.433 e. The Balaban J connectivity index is 2.04. The normalized spacial score (nSPS) is 10.4. The number of primary amides is 1. The number of anilines is 2. The van der Waals surface area contributed by atoms with Crippen LogP contribution in [0.25, 0.3) is 0 Å². The van der Waals surface area contributed by atoms with Crippen LogP contribution in [0.5, 0.6) is 5.75 Å². The van der Waals surface area contributed by atoms with Gasteiger partial charge in [0.1, 0.15) is 5.75 Å². The molecule has 0 spiro atoms. The van der Waals surface area contributed by atoms with Crippen LogP contribution in [0.3, 0.4) is 0 Å². The van der Waals surface area contributed by atoms with Crippen LogP contribution in [0, 0.1) is 0 Å². The van der Waals surface area contributed by atoms with Crippen LogP contribution in [-0.4, -0.2) is 25.0 Å². The van der Waals surface area contributed by atoms with Gasteiger partial charge in [0.2, 0.25) is 5.91 Å². The molecule has 0 aliphatic rings. The van der Waals surface area contributed by atoms with Crippen molar-refractivity contribution in [2.24, 2.45) is 5.73 Å². The number of rotatable bonds is 7. The molecule has 2 aromatic rings. The highest BCUT2D eigenvalue weighted by atomic mass is 35.5. The lowest BCUT2D eigenvalue weighted by Gasteiger charge is -2.13. The molecule has 0 radical (unpaired) electrons. The van der Waals surface area contributed by atoms with E-state index in [2.05, 4.69) is 15.4 Å².